The molecule has 1 aromatic carbocycles. The fourth-order valence-electron chi connectivity index (χ4n) is 4.06. The zero-order valence-electron chi connectivity index (χ0n) is 13.3. The molecular formula is C18H22N2O3. The van der Waals surface area contributed by atoms with Gasteiger partial charge in [-0.25, -0.2) is 4.79 Å². The van der Waals surface area contributed by atoms with Crippen LogP contribution in [0, 0.1) is 11.8 Å². The molecule has 0 spiro atoms. The van der Waals surface area contributed by atoms with E-state index in [1.54, 1.807) is 18.2 Å². The highest BCUT2D eigenvalue weighted by atomic mass is 16.5. The monoisotopic (exact) mass is 314 g/mol. The van der Waals surface area contributed by atoms with Gasteiger partial charge in [0, 0.05) is 18.8 Å². The number of benzene rings is 1. The summed E-state index contributed by atoms with van der Waals surface area (Å²) in [4.78, 5) is 13.6. The van der Waals surface area contributed by atoms with Crippen LogP contribution in [-0.2, 0) is 0 Å². The number of hydrogen-bond donors (Lipinski definition) is 1. The van der Waals surface area contributed by atoms with Crippen LogP contribution in [-0.4, -0.2) is 25.8 Å². The molecule has 2 fully saturated rings. The quantitative estimate of drug-likeness (QED) is 0.927. The van der Waals surface area contributed by atoms with Crippen molar-refractivity contribution in [1.82, 2.24) is 5.32 Å². The second-order valence-electron chi connectivity index (χ2n) is 6.61. The van der Waals surface area contributed by atoms with Gasteiger partial charge >= 0.3 is 6.03 Å². The van der Waals surface area contributed by atoms with Gasteiger partial charge in [0.15, 0.2) is 11.5 Å². The van der Waals surface area contributed by atoms with Crippen molar-refractivity contribution in [2.75, 3.05) is 18.6 Å². The number of carbonyl (C=O) groups excluding carboxylic acids is 1. The first-order valence-corrected chi connectivity index (χ1v) is 8.33. The number of methoxy groups -OCH3 is 1. The fourth-order valence-corrected chi connectivity index (χ4v) is 4.06. The Morgan fingerprint density at radius 1 is 1.22 bits per heavy atom. The zero-order chi connectivity index (χ0) is 15.8. The van der Waals surface area contributed by atoms with Crippen LogP contribution in [0.15, 0.2) is 30.5 Å². The summed E-state index contributed by atoms with van der Waals surface area (Å²) in [5.74, 6) is 2.95. The van der Waals surface area contributed by atoms with Crippen molar-refractivity contribution < 1.29 is 14.3 Å². The lowest BCUT2D eigenvalue weighted by Gasteiger charge is -2.26. The second kappa shape index (κ2) is 5.80. The molecule has 2 aliphatic carbocycles. The Labute approximate surface area is 136 Å². The topological polar surface area (TPSA) is 50.8 Å². The number of hydrogen-bond acceptors (Lipinski definition) is 3. The lowest BCUT2D eigenvalue weighted by Crippen LogP contribution is -2.39. The van der Waals surface area contributed by atoms with Crippen LogP contribution >= 0.6 is 0 Å². The van der Waals surface area contributed by atoms with Gasteiger partial charge in [-0.1, -0.05) is 0 Å². The first-order valence-electron chi connectivity index (χ1n) is 8.33. The molecule has 1 aliphatic heterocycles. The fraction of sp³-hybridized carbons (Fsp3) is 0.500. The first-order chi connectivity index (χ1) is 11.2. The number of rotatable bonds is 4. The summed E-state index contributed by atoms with van der Waals surface area (Å²) in [5.41, 5.74) is 0.789. The number of nitrogens with zero attached hydrogens (tertiary/aromatic N) is 1. The summed E-state index contributed by atoms with van der Waals surface area (Å²) in [6.07, 6.45) is 9.05. The van der Waals surface area contributed by atoms with Gasteiger partial charge in [0.05, 0.1) is 12.8 Å². The molecule has 1 aromatic rings. The van der Waals surface area contributed by atoms with Gasteiger partial charge in [0.1, 0.15) is 6.10 Å². The molecule has 3 atom stereocenters. The van der Waals surface area contributed by atoms with E-state index < -0.39 is 0 Å². The van der Waals surface area contributed by atoms with Crippen LogP contribution in [0.25, 0.3) is 0 Å². The van der Waals surface area contributed by atoms with Crippen LogP contribution in [0.3, 0.4) is 0 Å². The molecule has 4 rings (SSSR count). The van der Waals surface area contributed by atoms with E-state index in [0.717, 1.165) is 29.5 Å². The van der Waals surface area contributed by atoms with E-state index in [2.05, 4.69) is 5.32 Å². The van der Waals surface area contributed by atoms with Crippen molar-refractivity contribution in [3.8, 4) is 11.5 Å². The highest BCUT2D eigenvalue weighted by molar-refractivity contribution is 5.95. The van der Waals surface area contributed by atoms with E-state index in [0.29, 0.717) is 12.5 Å². The van der Waals surface area contributed by atoms with Gasteiger partial charge in [-0.15, -0.1) is 0 Å². The summed E-state index contributed by atoms with van der Waals surface area (Å²) in [6, 6.07) is 5.53. The predicted octanol–water partition coefficient (Wildman–Crippen LogP) is 3.31. The molecule has 2 bridgehead atoms. The molecule has 0 radical (unpaired) electrons. The number of carbonyl (C=O) groups is 1. The predicted molar refractivity (Wildman–Crippen MR) is 87.9 cm³/mol. The first kappa shape index (κ1) is 14.4. The lowest BCUT2D eigenvalue weighted by molar-refractivity contribution is 0.133. The molecule has 3 unspecified atom stereocenters. The highest BCUT2D eigenvalue weighted by Crippen LogP contribution is 2.47. The van der Waals surface area contributed by atoms with E-state index >= 15 is 0 Å². The molecule has 0 saturated heterocycles. The minimum absolute atomic E-state index is 0.122. The average Bonchev–Trinajstić information content (AvgIpc) is 3.18. The number of amides is 2. The van der Waals surface area contributed by atoms with E-state index in [9.17, 15) is 4.79 Å². The zero-order valence-corrected chi connectivity index (χ0v) is 13.3. The summed E-state index contributed by atoms with van der Waals surface area (Å²) in [5, 5.41) is 2.80. The van der Waals surface area contributed by atoms with Crippen LogP contribution in [0.1, 0.15) is 25.7 Å². The molecule has 2 saturated carbocycles. The van der Waals surface area contributed by atoms with Gasteiger partial charge in [0.25, 0.3) is 0 Å². The van der Waals surface area contributed by atoms with Crippen LogP contribution in [0.4, 0.5) is 10.5 Å². The molecule has 122 valence electrons. The summed E-state index contributed by atoms with van der Waals surface area (Å²) in [6.45, 7) is 0.569. The van der Waals surface area contributed by atoms with Crippen molar-refractivity contribution in [2.45, 2.75) is 31.8 Å². The molecule has 23 heavy (non-hydrogen) atoms. The third-order valence-corrected chi connectivity index (χ3v) is 5.22. The maximum atomic E-state index is 12.0. The van der Waals surface area contributed by atoms with Gasteiger partial charge in [0.2, 0.25) is 0 Å². The number of urea groups is 1. The van der Waals surface area contributed by atoms with Crippen molar-refractivity contribution in [3.63, 3.8) is 0 Å². The SMILES string of the molecule is COc1ccc(N2C=CCNC2=O)cc1OC1CC2CCC1C2. The number of nitrogens with one attached hydrogen (secondary N) is 1. The van der Waals surface area contributed by atoms with E-state index in [-0.39, 0.29) is 12.1 Å². The van der Waals surface area contributed by atoms with Gasteiger partial charge in [-0.2, -0.15) is 0 Å². The molecule has 5 nitrogen and oxygen atoms in total. The minimum atomic E-state index is -0.122. The number of fused-ring (bicyclic) bond motifs is 2. The lowest BCUT2D eigenvalue weighted by atomic mass is 9.98. The Hall–Kier alpha value is -2.17. The van der Waals surface area contributed by atoms with E-state index in [1.165, 1.54) is 19.3 Å². The Morgan fingerprint density at radius 3 is 2.83 bits per heavy atom. The number of anilines is 1. The average molecular weight is 314 g/mol. The summed E-state index contributed by atoms with van der Waals surface area (Å²) in [7, 11) is 1.65. The summed E-state index contributed by atoms with van der Waals surface area (Å²) >= 11 is 0. The molecule has 3 aliphatic rings. The van der Waals surface area contributed by atoms with Gasteiger partial charge in [-0.05, 0) is 55.7 Å². The molecular weight excluding hydrogens is 292 g/mol. The van der Waals surface area contributed by atoms with Gasteiger partial charge in [-0.3, -0.25) is 4.90 Å². The largest absolute Gasteiger partial charge is 0.493 e. The van der Waals surface area contributed by atoms with E-state index in [4.69, 9.17) is 9.47 Å². The maximum Gasteiger partial charge on any atom is 0.326 e. The Morgan fingerprint density at radius 2 is 2.13 bits per heavy atom. The van der Waals surface area contributed by atoms with Crippen molar-refractivity contribution in [3.05, 3.63) is 30.5 Å². The minimum Gasteiger partial charge on any atom is -0.493 e. The van der Waals surface area contributed by atoms with Crippen molar-refractivity contribution in [2.24, 2.45) is 11.8 Å². The molecule has 1 N–H and O–H groups in total. The highest BCUT2D eigenvalue weighted by Gasteiger charge is 2.41. The van der Waals surface area contributed by atoms with Crippen molar-refractivity contribution in [1.29, 1.82) is 0 Å². The Balaban J connectivity index is 1.59. The Kier molecular flexibility index (Phi) is 3.63. The molecule has 2 amide bonds. The van der Waals surface area contributed by atoms with E-state index in [1.807, 2.05) is 24.3 Å². The maximum absolute atomic E-state index is 12.0. The molecule has 0 aromatic heterocycles. The third kappa shape index (κ3) is 2.64. The third-order valence-electron chi connectivity index (χ3n) is 5.22. The smallest absolute Gasteiger partial charge is 0.326 e. The van der Waals surface area contributed by atoms with Gasteiger partial charge < -0.3 is 14.8 Å². The second-order valence-corrected chi connectivity index (χ2v) is 6.61. The van der Waals surface area contributed by atoms with Crippen LogP contribution in [0.5, 0.6) is 11.5 Å². The standard InChI is InChI=1S/C18H22N2O3/c1-22-15-6-5-14(20-8-2-7-19-18(20)21)11-17(15)23-16-10-12-3-4-13(16)9-12/h2,5-6,8,11-13,16H,3-4,7,9-10H2,1H3,(H,19,21). The van der Waals surface area contributed by atoms with Crippen LogP contribution in [0.2, 0.25) is 0 Å². The summed E-state index contributed by atoms with van der Waals surface area (Å²) < 4.78 is 11.7. The van der Waals surface area contributed by atoms with Crippen LogP contribution < -0.4 is 19.7 Å². The molecule has 5 heteroatoms. The Bertz CT molecular complexity index is 643. The van der Waals surface area contributed by atoms with Crippen molar-refractivity contribution >= 4 is 11.7 Å². The normalized spacial score (nSPS) is 28.8. The number of ether oxygens (including phenoxy) is 2. The molecule has 1 heterocycles.